The van der Waals surface area contributed by atoms with Gasteiger partial charge in [0, 0.05) is 42.8 Å². The van der Waals surface area contributed by atoms with Crippen molar-refractivity contribution < 1.29 is 4.39 Å². The van der Waals surface area contributed by atoms with Crippen LogP contribution in [0.4, 0.5) is 9.39 Å². The summed E-state index contributed by atoms with van der Waals surface area (Å²) in [6.07, 6.45) is 2.12. The zero-order valence-corrected chi connectivity index (χ0v) is 19.3. The van der Waals surface area contributed by atoms with Crippen molar-refractivity contribution >= 4 is 62.2 Å². The van der Waals surface area contributed by atoms with Gasteiger partial charge in [-0.1, -0.05) is 22.0 Å². The van der Waals surface area contributed by atoms with Gasteiger partial charge in [0.1, 0.15) is 5.82 Å². The summed E-state index contributed by atoms with van der Waals surface area (Å²) in [6, 6.07) is 9.75. The Morgan fingerprint density at radius 1 is 1.35 bits per heavy atom. The van der Waals surface area contributed by atoms with Crippen LogP contribution in [-0.4, -0.2) is 32.1 Å². The Bertz CT molecular complexity index is 718. The Balaban J connectivity index is 0.00000243. The van der Waals surface area contributed by atoms with E-state index in [1.54, 1.807) is 24.5 Å². The molecule has 1 fully saturated rings. The SMILES string of the molecule is CN=C(NCc1ccc(Br)cc1F)NC1CCN(c2cccs2)CC1.I. The minimum Gasteiger partial charge on any atom is -0.363 e. The zero-order chi connectivity index (χ0) is 17.6. The van der Waals surface area contributed by atoms with Crippen LogP contribution in [0.5, 0.6) is 0 Å². The quantitative estimate of drug-likeness (QED) is 0.331. The van der Waals surface area contributed by atoms with Crippen LogP contribution in [-0.2, 0) is 6.54 Å². The fraction of sp³-hybridized carbons (Fsp3) is 0.389. The molecule has 26 heavy (non-hydrogen) atoms. The third-order valence-corrected chi connectivity index (χ3v) is 5.76. The number of nitrogens with one attached hydrogen (secondary N) is 2. The lowest BCUT2D eigenvalue weighted by molar-refractivity contribution is 0.462. The van der Waals surface area contributed by atoms with Crippen LogP contribution in [0.25, 0.3) is 0 Å². The van der Waals surface area contributed by atoms with Gasteiger partial charge in [0.15, 0.2) is 5.96 Å². The molecule has 2 heterocycles. The van der Waals surface area contributed by atoms with Crippen molar-refractivity contribution in [2.24, 2.45) is 4.99 Å². The number of hydrogen-bond acceptors (Lipinski definition) is 3. The topological polar surface area (TPSA) is 39.7 Å². The highest BCUT2D eigenvalue weighted by atomic mass is 127. The monoisotopic (exact) mass is 552 g/mol. The number of benzene rings is 1. The smallest absolute Gasteiger partial charge is 0.191 e. The second-order valence-corrected chi connectivity index (χ2v) is 7.86. The number of halogens is 3. The van der Waals surface area contributed by atoms with E-state index in [1.165, 1.54) is 11.1 Å². The second-order valence-electron chi connectivity index (χ2n) is 6.02. The van der Waals surface area contributed by atoms with Crippen LogP contribution >= 0.6 is 51.2 Å². The molecule has 0 amide bonds. The summed E-state index contributed by atoms with van der Waals surface area (Å²) in [5.74, 6) is 0.499. The van der Waals surface area contributed by atoms with Gasteiger partial charge in [0.05, 0.1) is 5.00 Å². The normalized spacial score (nSPS) is 15.5. The predicted octanol–water partition coefficient (Wildman–Crippen LogP) is 4.60. The lowest BCUT2D eigenvalue weighted by Crippen LogP contribution is -2.48. The van der Waals surface area contributed by atoms with Gasteiger partial charge in [0.2, 0.25) is 0 Å². The van der Waals surface area contributed by atoms with E-state index in [0.717, 1.165) is 36.4 Å². The Kier molecular flexibility index (Phi) is 8.62. The van der Waals surface area contributed by atoms with Crippen LogP contribution in [0.1, 0.15) is 18.4 Å². The average molecular weight is 553 g/mol. The molecule has 0 saturated carbocycles. The lowest BCUT2D eigenvalue weighted by atomic mass is 10.1. The van der Waals surface area contributed by atoms with Gasteiger partial charge < -0.3 is 15.5 Å². The van der Waals surface area contributed by atoms with Gasteiger partial charge >= 0.3 is 0 Å². The van der Waals surface area contributed by atoms with Gasteiger partial charge in [0.25, 0.3) is 0 Å². The molecule has 0 bridgehead atoms. The fourth-order valence-corrected chi connectivity index (χ4v) is 4.04. The van der Waals surface area contributed by atoms with E-state index in [9.17, 15) is 4.39 Å². The number of guanidine groups is 1. The van der Waals surface area contributed by atoms with Crippen molar-refractivity contribution in [2.45, 2.75) is 25.4 Å². The van der Waals surface area contributed by atoms with Crippen LogP contribution in [0, 0.1) is 5.82 Å². The molecule has 3 rings (SSSR count). The number of piperidine rings is 1. The van der Waals surface area contributed by atoms with Crippen molar-refractivity contribution in [1.82, 2.24) is 10.6 Å². The molecular formula is C18H23BrFIN4S. The Morgan fingerprint density at radius 3 is 2.73 bits per heavy atom. The number of nitrogens with zero attached hydrogens (tertiary/aromatic N) is 2. The van der Waals surface area contributed by atoms with E-state index >= 15 is 0 Å². The number of anilines is 1. The molecule has 8 heteroatoms. The van der Waals surface area contributed by atoms with Crippen molar-refractivity contribution in [3.8, 4) is 0 Å². The molecule has 0 spiro atoms. The fourth-order valence-electron chi connectivity index (χ4n) is 2.93. The number of thiophene rings is 1. The molecule has 1 aliphatic rings. The summed E-state index contributed by atoms with van der Waals surface area (Å²) in [5, 5.41) is 10.1. The van der Waals surface area contributed by atoms with Crippen LogP contribution in [0.2, 0.25) is 0 Å². The molecular weight excluding hydrogens is 530 g/mol. The molecule has 2 N–H and O–H groups in total. The molecule has 0 radical (unpaired) electrons. The predicted molar refractivity (Wildman–Crippen MR) is 122 cm³/mol. The summed E-state index contributed by atoms with van der Waals surface area (Å²) in [6.45, 7) is 2.49. The van der Waals surface area contributed by atoms with Gasteiger partial charge in [-0.2, -0.15) is 0 Å². The lowest BCUT2D eigenvalue weighted by Gasteiger charge is -2.33. The average Bonchev–Trinajstić information content (AvgIpc) is 3.15. The minimum absolute atomic E-state index is 0. The van der Waals surface area contributed by atoms with E-state index < -0.39 is 0 Å². The van der Waals surface area contributed by atoms with Gasteiger partial charge in [-0.25, -0.2) is 4.39 Å². The largest absolute Gasteiger partial charge is 0.363 e. The molecule has 0 unspecified atom stereocenters. The highest BCUT2D eigenvalue weighted by Gasteiger charge is 2.20. The molecule has 1 saturated heterocycles. The third-order valence-electron chi connectivity index (χ3n) is 4.34. The van der Waals surface area contributed by atoms with Crippen molar-refractivity contribution in [3.63, 3.8) is 0 Å². The summed E-state index contributed by atoms with van der Waals surface area (Å²) < 4.78 is 14.7. The molecule has 2 aromatic rings. The summed E-state index contributed by atoms with van der Waals surface area (Å²) in [4.78, 5) is 6.69. The molecule has 1 aromatic carbocycles. The summed E-state index contributed by atoms with van der Waals surface area (Å²) >= 11 is 5.06. The van der Waals surface area contributed by atoms with Crippen LogP contribution in [0.15, 0.2) is 45.2 Å². The number of aliphatic imine (C=N–C) groups is 1. The summed E-state index contributed by atoms with van der Waals surface area (Å²) in [7, 11) is 1.74. The maximum Gasteiger partial charge on any atom is 0.191 e. The standard InChI is InChI=1S/C18H22BrFN4S.HI/c1-21-18(22-12-13-4-5-14(19)11-16(13)20)23-15-6-8-24(9-7-15)17-3-2-10-25-17;/h2-5,10-11,15H,6-9,12H2,1H3,(H2,21,22,23);1H. The highest BCUT2D eigenvalue weighted by Crippen LogP contribution is 2.24. The molecule has 0 aliphatic carbocycles. The van der Waals surface area contributed by atoms with Gasteiger partial charge in [-0.15, -0.1) is 35.3 Å². The van der Waals surface area contributed by atoms with Gasteiger partial charge in [-0.05, 0) is 42.5 Å². The molecule has 4 nitrogen and oxygen atoms in total. The first-order valence-corrected chi connectivity index (χ1v) is 10.0. The zero-order valence-electron chi connectivity index (χ0n) is 14.5. The minimum atomic E-state index is -0.221. The van der Waals surface area contributed by atoms with Gasteiger partial charge in [-0.3, -0.25) is 4.99 Å². The van der Waals surface area contributed by atoms with E-state index in [-0.39, 0.29) is 29.8 Å². The van der Waals surface area contributed by atoms with Crippen molar-refractivity contribution in [3.05, 3.63) is 51.6 Å². The summed E-state index contributed by atoms with van der Waals surface area (Å²) in [5.41, 5.74) is 0.624. The molecule has 1 aliphatic heterocycles. The molecule has 1 aromatic heterocycles. The molecule has 0 atom stereocenters. The van der Waals surface area contributed by atoms with E-state index in [4.69, 9.17) is 0 Å². The maximum atomic E-state index is 13.9. The van der Waals surface area contributed by atoms with Crippen molar-refractivity contribution in [1.29, 1.82) is 0 Å². The Labute approximate surface area is 183 Å². The van der Waals surface area contributed by atoms with E-state index in [2.05, 4.69) is 54.0 Å². The maximum absolute atomic E-state index is 13.9. The van der Waals surface area contributed by atoms with Crippen LogP contribution in [0.3, 0.4) is 0 Å². The second kappa shape index (κ2) is 10.5. The highest BCUT2D eigenvalue weighted by molar-refractivity contribution is 14.0. The number of rotatable bonds is 4. The molecule has 142 valence electrons. The Morgan fingerprint density at radius 2 is 2.12 bits per heavy atom. The Hall–Kier alpha value is -0.870. The third kappa shape index (κ3) is 5.82. The van der Waals surface area contributed by atoms with E-state index in [0.29, 0.717) is 18.2 Å². The van der Waals surface area contributed by atoms with E-state index in [1.807, 2.05) is 6.07 Å². The van der Waals surface area contributed by atoms with Crippen molar-refractivity contribution in [2.75, 3.05) is 25.0 Å². The van der Waals surface area contributed by atoms with Crippen LogP contribution < -0.4 is 15.5 Å². The first-order valence-electron chi connectivity index (χ1n) is 8.35. The first kappa shape index (κ1) is 21.4. The number of hydrogen-bond donors (Lipinski definition) is 2. The first-order chi connectivity index (χ1) is 12.2.